The average molecular weight is 411 g/mol. The number of rotatable bonds is 6. The number of aromatic amines is 1. The first kappa shape index (κ1) is 18.9. The molecule has 0 aliphatic heterocycles. The lowest BCUT2D eigenvalue weighted by Gasteiger charge is -2.08. The maximum atomic E-state index is 13.9. The minimum Gasteiger partial charge on any atom is -0.480 e. The fourth-order valence-electron chi connectivity index (χ4n) is 2.34. The van der Waals surface area contributed by atoms with E-state index < -0.39 is 29.7 Å². The molecule has 0 unspecified atom stereocenters. The molecule has 0 aliphatic rings. The summed E-state index contributed by atoms with van der Waals surface area (Å²) < 4.78 is 15.3. The van der Waals surface area contributed by atoms with Crippen molar-refractivity contribution in [3.05, 3.63) is 62.8 Å². The molecule has 0 radical (unpaired) electrons. The molecule has 27 heavy (non-hydrogen) atoms. The maximum absolute atomic E-state index is 13.9. The van der Waals surface area contributed by atoms with E-state index in [-0.39, 0.29) is 17.0 Å². The van der Waals surface area contributed by atoms with Crippen LogP contribution in [0.4, 0.5) is 4.39 Å². The number of carboxylic acid groups (broad SMARTS) is 1. The summed E-state index contributed by atoms with van der Waals surface area (Å²) in [6.07, 6.45) is 1.28. The van der Waals surface area contributed by atoms with E-state index in [1.54, 1.807) is 0 Å². The number of carbonyl (C=O) groups excluding carboxylic acids is 1. The predicted octanol–water partition coefficient (Wildman–Crippen LogP) is 1.92. The van der Waals surface area contributed by atoms with E-state index in [0.717, 1.165) is 11.8 Å². The van der Waals surface area contributed by atoms with Crippen molar-refractivity contribution in [3.8, 4) is 0 Å². The summed E-state index contributed by atoms with van der Waals surface area (Å²) >= 11 is 7.03. The first-order valence-electron chi connectivity index (χ1n) is 7.52. The van der Waals surface area contributed by atoms with Gasteiger partial charge in [0, 0.05) is 16.8 Å². The molecule has 1 aromatic carbocycles. The molecule has 0 spiro atoms. The zero-order valence-corrected chi connectivity index (χ0v) is 15.1. The summed E-state index contributed by atoms with van der Waals surface area (Å²) in [6, 6.07) is 5.39. The number of carboxylic acids is 1. The third kappa shape index (κ3) is 4.12. The van der Waals surface area contributed by atoms with Crippen molar-refractivity contribution in [3.63, 3.8) is 0 Å². The Balaban J connectivity index is 1.92. The number of carbonyl (C=O) groups is 2. The average Bonchev–Trinajstić information content (AvgIpc) is 3.09. The molecule has 3 aromatic rings. The van der Waals surface area contributed by atoms with Crippen LogP contribution in [-0.2, 0) is 10.5 Å². The Bertz CT molecular complexity index is 1100. The highest BCUT2D eigenvalue weighted by molar-refractivity contribution is 7.98. The van der Waals surface area contributed by atoms with Crippen molar-refractivity contribution >= 4 is 40.9 Å². The van der Waals surface area contributed by atoms with Gasteiger partial charge in [-0.05, 0) is 23.8 Å². The Kier molecular flexibility index (Phi) is 5.47. The van der Waals surface area contributed by atoms with Gasteiger partial charge in [-0.15, -0.1) is 11.8 Å². The second-order valence-electron chi connectivity index (χ2n) is 5.37. The van der Waals surface area contributed by atoms with Crippen LogP contribution in [0.2, 0.25) is 5.02 Å². The van der Waals surface area contributed by atoms with Crippen molar-refractivity contribution in [1.29, 1.82) is 0 Å². The van der Waals surface area contributed by atoms with Crippen LogP contribution in [0.25, 0.3) is 5.65 Å². The number of hydrogen-bond acceptors (Lipinski definition) is 5. The lowest BCUT2D eigenvalue weighted by Crippen LogP contribution is -2.33. The molecule has 0 atom stereocenters. The van der Waals surface area contributed by atoms with Crippen molar-refractivity contribution in [2.24, 2.45) is 0 Å². The molecular weight excluding hydrogens is 399 g/mol. The quantitative estimate of drug-likeness (QED) is 0.534. The minimum absolute atomic E-state index is 0.0412. The first-order chi connectivity index (χ1) is 12.9. The van der Waals surface area contributed by atoms with Crippen LogP contribution < -0.4 is 10.7 Å². The van der Waals surface area contributed by atoms with Crippen LogP contribution in [0.15, 0.2) is 40.4 Å². The monoisotopic (exact) mass is 410 g/mol. The summed E-state index contributed by atoms with van der Waals surface area (Å²) in [5, 5.41) is 14.4. The van der Waals surface area contributed by atoms with Gasteiger partial charge in [-0.1, -0.05) is 11.6 Å². The molecule has 0 aliphatic carbocycles. The number of halogens is 2. The van der Waals surface area contributed by atoms with Crippen LogP contribution in [0.1, 0.15) is 15.9 Å². The zero-order valence-electron chi connectivity index (χ0n) is 13.5. The number of H-pyrrole nitrogens is 1. The Morgan fingerprint density at radius 3 is 2.89 bits per heavy atom. The van der Waals surface area contributed by atoms with Gasteiger partial charge in [-0.25, -0.2) is 13.9 Å². The third-order valence-electron chi connectivity index (χ3n) is 3.54. The van der Waals surface area contributed by atoms with Gasteiger partial charge in [-0.2, -0.15) is 0 Å². The predicted molar refractivity (Wildman–Crippen MR) is 96.8 cm³/mol. The van der Waals surface area contributed by atoms with E-state index in [1.807, 2.05) is 0 Å². The van der Waals surface area contributed by atoms with Crippen LogP contribution in [0.5, 0.6) is 0 Å². The van der Waals surface area contributed by atoms with E-state index in [2.05, 4.69) is 15.4 Å². The van der Waals surface area contributed by atoms with Gasteiger partial charge in [0.2, 0.25) is 0 Å². The van der Waals surface area contributed by atoms with Gasteiger partial charge < -0.3 is 10.4 Å². The second-order valence-corrected chi connectivity index (χ2v) is 6.80. The van der Waals surface area contributed by atoms with Crippen molar-refractivity contribution in [1.82, 2.24) is 19.9 Å². The van der Waals surface area contributed by atoms with Gasteiger partial charge in [-0.3, -0.25) is 19.5 Å². The number of fused-ring (bicyclic) bond motifs is 1. The number of nitrogens with zero attached hydrogens (tertiary/aromatic N) is 2. The number of thioether (sulfide) groups is 1. The molecule has 1 amide bonds. The van der Waals surface area contributed by atoms with Gasteiger partial charge in [0.05, 0.1) is 0 Å². The van der Waals surface area contributed by atoms with Gasteiger partial charge >= 0.3 is 5.97 Å². The van der Waals surface area contributed by atoms with Crippen LogP contribution >= 0.6 is 23.4 Å². The maximum Gasteiger partial charge on any atom is 0.322 e. The molecule has 2 aromatic heterocycles. The largest absolute Gasteiger partial charge is 0.480 e. The molecular formula is C16H12ClFN4O4S. The molecule has 0 saturated carbocycles. The standard InChI is InChI=1S/C16H12ClFN4O4S/c17-9-1-2-10(18)8(3-9)6-27-12-4-11(23)14(15-20-7-21-22(12)15)16(26)19-5-13(24)25/h1-4,7H,5-6H2,(H,19,26)(H,20,21)(H,24,25). The molecule has 0 saturated heterocycles. The lowest BCUT2D eigenvalue weighted by atomic mass is 10.2. The number of pyridine rings is 1. The highest BCUT2D eigenvalue weighted by Gasteiger charge is 2.20. The second kappa shape index (κ2) is 7.80. The fraction of sp³-hybridized carbons (Fsp3) is 0.125. The Morgan fingerprint density at radius 1 is 1.37 bits per heavy atom. The molecule has 3 N–H and O–H groups in total. The minimum atomic E-state index is -1.24. The summed E-state index contributed by atoms with van der Waals surface area (Å²) in [4.78, 5) is 39.1. The summed E-state index contributed by atoms with van der Waals surface area (Å²) in [6.45, 7) is -0.626. The topological polar surface area (TPSA) is 117 Å². The molecule has 140 valence electrons. The number of amides is 1. The zero-order chi connectivity index (χ0) is 19.6. The summed E-state index contributed by atoms with van der Waals surface area (Å²) in [5.74, 6) is -2.32. The van der Waals surface area contributed by atoms with Crippen molar-refractivity contribution in [2.75, 3.05) is 6.54 Å². The Hall–Kier alpha value is -2.85. The van der Waals surface area contributed by atoms with Gasteiger partial charge in [0.15, 0.2) is 11.1 Å². The SMILES string of the molecule is O=C(O)CNC(=O)c1c(=O)cc(SCc2cc(Cl)ccc2F)n2[nH]cnc12. The summed E-state index contributed by atoms with van der Waals surface area (Å²) in [5.41, 5.74) is -0.509. The van der Waals surface area contributed by atoms with E-state index in [9.17, 15) is 18.8 Å². The number of aliphatic carboxylic acids is 1. The van der Waals surface area contributed by atoms with E-state index in [0.29, 0.717) is 15.6 Å². The first-order valence-corrected chi connectivity index (χ1v) is 8.89. The van der Waals surface area contributed by atoms with Crippen LogP contribution in [-0.4, -0.2) is 38.1 Å². The van der Waals surface area contributed by atoms with Crippen molar-refractivity contribution < 1.29 is 19.1 Å². The van der Waals surface area contributed by atoms with Crippen LogP contribution in [0, 0.1) is 5.82 Å². The smallest absolute Gasteiger partial charge is 0.322 e. The lowest BCUT2D eigenvalue weighted by molar-refractivity contribution is -0.135. The van der Waals surface area contributed by atoms with E-state index >= 15 is 0 Å². The summed E-state index contributed by atoms with van der Waals surface area (Å²) in [7, 11) is 0. The molecule has 2 heterocycles. The number of nitrogens with one attached hydrogen (secondary N) is 2. The normalized spacial score (nSPS) is 10.9. The third-order valence-corrected chi connectivity index (χ3v) is 4.83. The molecule has 8 nitrogen and oxygen atoms in total. The Labute approximate surface area is 160 Å². The number of aromatic nitrogens is 3. The number of hydrogen-bond donors (Lipinski definition) is 3. The van der Waals surface area contributed by atoms with Gasteiger partial charge in [0.25, 0.3) is 5.91 Å². The molecule has 0 bridgehead atoms. The molecule has 11 heteroatoms. The Morgan fingerprint density at radius 2 is 2.15 bits per heavy atom. The highest BCUT2D eigenvalue weighted by atomic mass is 35.5. The highest BCUT2D eigenvalue weighted by Crippen LogP contribution is 2.25. The van der Waals surface area contributed by atoms with E-state index in [1.165, 1.54) is 35.1 Å². The number of benzene rings is 1. The van der Waals surface area contributed by atoms with Crippen LogP contribution in [0.3, 0.4) is 0 Å². The molecule has 0 fully saturated rings. The van der Waals surface area contributed by atoms with Crippen molar-refractivity contribution in [2.45, 2.75) is 10.8 Å². The molecule has 3 rings (SSSR count). The fourth-order valence-corrected chi connectivity index (χ4v) is 3.52. The van der Waals surface area contributed by atoms with Gasteiger partial charge in [0.1, 0.15) is 29.3 Å². The van der Waals surface area contributed by atoms with E-state index in [4.69, 9.17) is 16.7 Å².